The standard InChI is InChI=1S/C30H42N2O4/c1-23(33)9-7-19-31(3,4)29(35)21-25-11-15-27(16-12-25)28-17-13-26(14-18-28)22-30(36)32(5,6)20-8-10-24(2)34/h11-18H,7-10,19-22H2,1-6H3/q+2. The minimum atomic E-state index is 0.128. The molecule has 2 rings (SSSR count). The van der Waals surface area contributed by atoms with Crippen LogP contribution in [-0.2, 0) is 32.0 Å². The molecule has 2 aromatic rings. The first-order valence-corrected chi connectivity index (χ1v) is 12.7. The summed E-state index contributed by atoms with van der Waals surface area (Å²) in [7, 11) is 7.59. The van der Waals surface area contributed by atoms with E-state index < -0.39 is 0 Å². The van der Waals surface area contributed by atoms with Crippen molar-refractivity contribution < 1.29 is 28.1 Å². The van der Waals surface area contributed by atoms with Crippen LogP contribution in [0.4, 0.5) is 0 Å². The van der Waals surface area contributed by atoms with Gasteiger partial charge in [0.25, 0.3) is 0 Å². The van der Waals surface area contributed by atoms with Crippen LogP contribution in [0.25, 0.3) is 11.1 Å². The van der Waals surface area contributed by atoms with E-state index in [1.165, 1.54) is 0 Å². The number of carbonyl (C=O) groups is 4. The molecule has 6 nitrogen and oxygen atoms in total. The van der Waals surface area contributed by atoms with Gasteiger partial charge in [-0.25, -0.2) is 9.59 Å². The lowest BCUT2D eigenvalue weighted by molar-refractivity contribution is -0.814. The number of likely N-dealkylation sites (N-methyl/N-ethyl adjacent to an activating group) is 2. The lowest BCUT2D eigenvalue weighted by Crippen LogP contribution is -2.47. The van der Waals surface area contributed by atoms with Gasteiger partial charge in [-0.15, -0.1) is 0 Å². The first-order chi connectivity index (χ1) is 16.8. The molecule has 0 radical (unpaired) electrons. The van der Waals surface area contributed by atoms with Crippen molar-refractivity contribution in [3.05, 3.63) is 59.7 Å². The number of amides is 2. The second kappa shape index (κ2) is 12.8. The minimum Gasteiger partial charge on any atom is -0.300 e. The van der Waals surface area contributed by atoms with Gasteiger partial charge in [-0.3, -0.25) is 8.97 Å². The Kier molecular flexibility index (Phi) is 10.4. The summed E-state index contributed by atoms with van der Waals surface area (Å²) in [4.78, 5) is 47.9. The fraction of sp³-hybridized carbons (Fsp3) is 0.467. The molecule has 2 amide bonds. The van der Waals surface area contributed by atoms with Crippen LogP contribution in [0.1, 0.15) is 50.7 Å². The summed E-state index contributed by atoms with van der Waals surface area (Å²) in [5.74, 6) is 0.564. The fourth-order valence-corrected chi connectivity index (χ4v) is 4.10. The van der Waals surface area contributed by atoms with Crippen LogP contribution >= 0.6 is 0 Å². The SMILES string of the molecule is CC(=O)CCC[N+](C)(C)C(=O)Cc1ccc(-c2ccc(CC(=O)[N+](C)(C)CCCC(C)=O)cc2)cc1. The normalized spacial score (nSPS) is 11.8. The maximum atomic E-state index is 12.8. The van der Waals surface area contributed by atoms with Gasteiger partial charge < -0.3 is 9.59 Å². The van der Waals surface area contributed by atoms with E-state index in [1.54, 1.807) is 13.8 Å². The summed E-state index contributed by atoms with van der Waals surface area (Å²) >= 11 is 0. The number of rotatable bonds is 13. The lowest BCUT2D eigenvalue weighted by Gasteiger charge is -2.27. The smallest absolute Gasteiger partial charge is 0.300 e. The molecular weight excluding hydrogens is 452 g/mol. The van der Waals surface area contributed by atoms with Crippen molar-refractivity contribution in [3.63, 3.8) is 0 Å². The highest BCUT2D eigenvalue weighted by Crippen LogP contribution is 2.22. The zero-order chi connectivity index (χ0) is 26.9. The van der Waals surface area contributed by atoms with Crippen LogP contribution in [0, 0.1) is 0 Å². The number of hydrogen-bond donors (Lipinski definition) is 0. The Morgan fingerprint density at radius 1 is 0.556 bits per heavy atom. The molecule has 0 bridgehead atoms. The second-order valence-electron chi connectivity index (χ2n) is 11.0. The number of benzene rings is 2. The van der Waals surface area contributed by atoms with E-state index in [0.29, 0.717) is 51.6 Å². The first-order valence-electron chi connectivity index (χ1n) is 12.7. The molecule has 0 aliphatic rings. The second-order valence-corrected chi connectivity index (χ2v) is 11.0. The van der Waals surface area contributed by atoms with Crippen molar-refractivity contribution in [2.24, 2.45) is 0 Å². The molecule has 6 heteroatoms. The molecule has 0 saturated carbocycles. The monoisotopic (exact) mass is 494 g/mol. The molecule has 0 spiro atoms. The maximum Gasteiger partial charge on any atom is 0.317 e. The number of nitrogens with zero attached hydrogens (tertiary/aromatic N) is 2. The van der Waals surface area contributed by atoms with Crippen LogP contribution in [0.2, 0.25) is 0 Å². The fourth-order valence-electron chi connectivity index (χ4n) is 4.10. The highest BCUT2D eigenvalue weighted by atomic mass is 16.2. The van der Waals surface area contributed by atoms with Crippen molar-refractivity contribution in [3.8, 4) is 11.1 Å². The zero-order valence-corrected chi connectivity index (χ0v) is 22.8. The average Bonchev–Trinajstić information content (AvgIpc) is 2.79. The van der Waals surface area contributed by atoms with Crippen molar-refractivity contribution in [1.29, 1.82) is 0 Å². The number of ketones is 2. The summed E-state index contributed by atoms with van der Waals surface area (Å²) < 4.78 is 0.531. The van der Waals surface area contributed by atoms with Gasteiger partial charge in [-0.2, -0.15) is 0 Å². The van der Waals surface area contributed by atoms with Gasteiger partial charge in [0.15, 0.2) is 0 Å². The van der Waals surface area contributed by atoms with Gasteiger partial charge in [-0.05, 0) is 36.1 Å². The maximum absolute atomic E-state index is 12.8. The molecule has 0 aliphatic heterocycles. The average molecular weight is 495 g/mol. The van der Waals surface area contributed by atoms with Gasteiger partial charge in [0.1, 0.15) is 11.6 Å². The molecule has 0 saturated heterocycles. The molecule has 36 heavy (non-hydrogen) atoms. The molecule has 2 aromatic carbocycles. The summed E-state index contributed by atoms with van der Waals surface area (Å²) in [5.41, 5.74) is 4.04. The summed E-state index contributed by atoms with van der Waals surface area (Å²) in [5, 5.41) is 0. The van der Waals surface area contributed by atoms with E-state index in [-0.39, 0.29) is 32.3 Å². The first kappa shape index (κ1) is 29.3. The quantitative estimate of drug-likeness (QED) is 0.388. The van der Waals surface area contributed by atoms with Crippen molar-refractivity contribution >= 4 is 23.4 Å². The third-order valence-electron chi connectivity index (χ3n) is 6.79. The van der Waals surface area contributed by atoms with Gasteiger partial charge in [-0.1, -0.05) is 48.5 Å². The Morgan fingerprint density at radius 2 is 0.861 bits per heavy atom. The van der Waals surface area contributed by atoms with Gasteiger partial charge in [0.2, 0.25) is 0 Å². The van der Waals surface area contributed by atoms with Crippen LogP contribution in [0.15, 0.2) is 48.5 Å². The molecule has 0 aromatic heterocycles. The number of quaternary nitrogens is 2. The molecule has 0 N–H and O–H groups in total. The molecule has 0 unspecified atom stereocenters. The van der Waals surface area contributed by atoms with Crippen molar-refractivity contribution in [2.75, 3.05) is 41.3 Å². The molecule has 0 aliphatic carbocycles. The predicted octanol–water partition coefficient (Wildman–Crippen LogP) is 4.38. The predicted molar refractivity (Wildman–Crippen MR) is 143 cm³/mol. The summed E-state index contributed by atoms with van der Waals surface area (Å²) in [6.07, 6.45) is 3.16. The Balaban J connectivity index is 1.95. The summed E-state index contributed by atoms with van der Waals surface area (Å²) in [6.45, 7) is 4.47. The number of hydrogen-bond acceptors (Lipinski definition) is 4. The van der Waals surface area contributed by atoms with Crippen LogP contribution in [0.3, 0.4) is 0 Å². The molecular formula is C30H42N2O4+2. The Bertz CT molecular complexity index is 980. The van der Waals surface area contributed by atoms with E-state index in [9.17, 15) is 19.2 Å². The van der Waals surface area contributed by atoms with E-state index >= 15 is 0 Å². The van der Waals surface area contributed by atoms with E-state index in [1.807, 2.05) is 76.7 Å². The highest BCUT2D eigenvalue weighted by Gasteiger charge is 2.27. The van der Waals surface area contributed by atoms with Crippen LogP contribution in [-0.4, -0.2) is 73.6 Å². The molecule has 194 valence electrons. The Labute approximate surface area is 216 Å². The minimum absolute atomic E-state index is 0.128. The largest absolute Gasteiger partial charge is 0.317 e. The molecule has 0 heterocycles. The molecule has 0 atom stereocenters. The van der Waals surface area contributed by atoms with Crippen molar-refractivity contribution in [1.82, 2.24) is 0 Å². The van der Waals surface area contributed by atoms with Gasteiger partial charge >= 0.3 is 11.8 Å². The Hall–Kier alpha value is -2.96. The number of carbonyl (C=O) groups excluding carboxylic acids is 4. The van der Waals surface area contributed by atoms with E-state index in [0.717, 1.165) is 22.3 Å². The summed E-state index contributed by atoms with van der Waals surface area (Å²) in [6, 6.07) is 16.0. The van der Waals surface area contributed by atoms with Crippen LogP contribution < -0.4 is 0 Å². The van der Waals surface area contributed by atoms with E-state index in [4.69, 9.17) is 0 Å². The lowest BCUT2D eigenvalue weighted by atomic mass is 10.00. The Morgan fingerprint density at radius 3 is 1.14 bits per heavy atom. The molecule has 0 fully saturated rings. The van der Waals surface area contributed by atoms with Gasteiger partial charge in [0, 0.05) is 25.7 Å². The third-order valence-corrected chi connectivity index (χ3v) is 6.79. The topological polar surface area (TPSA) is 68.3 Å². The van der Waals surface area contributed by atoms with Gasteiger partial charge in [0.05, 0.1) is 54.1 Å². The highest BCUT2D eigenvalue weighted by molar-refractivity contribution is 5.76. The van der Waals surface area contributed by atoms with Crippen LogP contribution in [0.5, 0.6) is 0 Å². The number of Topliss-reactive ketones (excluding diaryl/α,β-unsaturated/α-hetero) is 2. The van der Waals surface area contributed by atoms with E-state index in [2.05, 4.69) is 0 Å². The zero-order valence-electron chi connectivity index (χ0n) is 22.8. The third kappa shape index (κ3) is 9.25. The van der Waals surface area contributed by atoms with Crippen molar-refractivity contribution in [2.45, 2.75) is 52.4 Å².